The molecule has 2 aromatic rings. The van der Waals surface area contributed by atoms with Gasteiger partial charge in [-0.2, -0.15) is 21.6 Å². The van der Waals surface area contributed by atoms with Crippen LogP contribution in [0.15, 0.2) is 40.8 Å². The van der Waals surface area contributed by atoms with Crippen molar-refractivity contribution in [3.8, 4) is 11.3 Å². The van der Waals surface area contributed by atoms with Crippen molar-refractivity contribution in [2.75, 3.05) is 0 Å². The van der Waals surface area contributed by atoms with Crippen molar-refractivity contribution in [1.29, 1.82) is 0 Å². The van der Waals surface area contributed by atoms with Crippen molar-refractivity contribution in [2.45, 2.75) is 102 Å². The summed E-state index contributed by atoms with van der Waals surface area (Å²) in [6, 6.07) is 5.54. The molecular weight excluding hydrogens is 747 g/mol. The normalized spacial score (nSPS) is 16.1. The van der Waals surface area contributed by atoms with E-state index in [1.165, 1.54) is 6.07 Å². The number of nitrogens with two attached hydrogens (primary N) is 1. The molecule has 0 aliphatic heterocycles. The Balaban J connectivity index is 1.96. The monoisotopic (exact) mass is 789 g/mol. The van der Waals surface area contributed by atoms with E-state index in [0.29, 0.717) is 40.3 Å². The quantitative estimate of drug-likeness (QED) is 0.200. The smallest absolute Gasteiger partial charge is 0.451 e. The minimum Gasteiger partial charge on any atom is -0.451 e. The van der Waals surface area contributed by atoms with Crippen LogP contribution in [0.1, 0.15) is 89.1 Å². The molecule has 1 aromatic carbocycles. The number of carbonyl (C=O) groups excluding carboxylic acids is 6. The molecule has 1 fully saturated rings. The molecule has 1 aromatic heterocycles. The zero-order valence-electron chi connectivity index (χ0n) is 29.3. The van der Waals surface area contributed by atoms with Gasteiger partial charge in [0.05, 0.1) is 0 Å². The molecule has 53 heavy (non-hydrogen) atoms. The Morgan fingerprint density at radius 1 is 0.962 bits per heavy atom. The molecule has 19 heteroatoms. The highest BCUT2D eigenvalue weighted by molar-refractivity contribution is 7.91. The fourth-order valence-corrected chi connectivity index (χ4v) is 6.23. The molecule has 5 N–H and O–H groups in total. The average Bonchev–Trinajstić information content (AvgIpc) is 3.60. The first-order valence-electron chi connectivity index (χ1n) is 17.1. The van der Waals surface area contributed by atoms with Gasteiger partial charge in [0.25, 0.3) is 11.8 Å². The molecule has 1 saturated carbocycles. The highest BCUT2D eigenvalue weighted by Gasteiger charge is 2.49. The molecule has 14 nitrogen and oxygen atoms in total. The second-order valence-corrected chi connectivity index (χ2v) is 15.0. The predicted octanol–water partition coefficient (Wildman–Crippen LogP) is 4.17. The van der Waals surface area contributed by atoms with Crippen LogP contribution in [0, 0.1) is 11.8 Å². The van der Waals surface area contributed by atoms with Gasteiger partial charge in [0.1, 0.15) is 17.8 Å². The van der Waals surface area contributed by atoms with E-state index in [1.807, 2.05) is 0 Å². The van der Waals surface area contributed by atoms with E-state index >= 15 is 0 Å². The maximum atomic E-state index is 14.1. The number of nitrogens with zero attached hydrogens (tertiary/aromatic N) is 1. The van der Waals surface area contributed by atoms with Crippen LogP contribution in [0.25, 0.3) is 11.3 Å². The van der Waals surface area contributed by atoms with Crippen LogP contribution in [0.2, 0.25) is 5.02 Å². The SMILES string of the molecule is CCC(N)CC(=O)N(C(=O)C(=O)NS(=O)(=O)C(F)(F)F)C(=O)[C@H](CC1CCCCC1)NC(=O)[C@@H](NC(=O)c1ccc(-c2ccc(Cl)cc2)o1)[C@@H](C)CC. The molecule has 292 valence electrons. The van der Waals surface area contributed by atoms with E-state index in [4.69, 9.17) is 21.8 Å². The number of benzene rings is 1. The maximum Gasteiger partial charge on any atom is 0.516 e. The minimum absolute atomic E-state index is 0.145. The number of hydrogen-bond acceptors (Lipinski definition) is 10. The lowest BCUT2D eigenvalue weighted by Crippen LogP contribution is -2.60. The van der Waals surface area contributed by atoms with Crippen molar-refractivity contribution < 1.29 is 54.8 Å². The lowest BCUT2D eigenvalue weighted by atomic mass is 9.84. The maximum absolute atomic E-state index is 14.1. The third-order valence-corrected chi connectivity index (χ3v) is 10.3. The number of sulfonamides is 1. The van der Waals surface area contributed by atoms with Gasteiger partial charge < -0.3 is 20.8 Å². The van der Waals surface area contributed by atoms with Crippen molar-refractivity contribution in [3.05, 3.63) is 47.2 Å². The average molecular weight is 790 g/mol. The number of carbonyl (C=O) groups is 6. The second kappa shape index (κ2) is 18.6. The Labute approximate surface area is 309 Å². The molecule has 1 unspecified atom stereocenters. The zero-order valence-corrected chi connectivity index (χ0v) is 30.9. The molecule has 1 heterocycles. The number of rotatable bonds is 14. The number of amides is 6. The first-order chi connectivity index (χ1) is 24.8. The van der Waals surface area contributed by atoms with Crippen molar-refractivity contribution in [1.82, 2.24) is 20.3 Å². The molecule has 1 aliphatic rings. The summed E-state index contributed by atoms with van der Waals surface area (Å²) in [5.74, 6) is -9.86. The fourth-order valence-electron chi connectivity index (χ4n) is 5.66. The summed E-state index contributed by atoms with van der Waals surface area (Å²) >= 11 is 5.95. The van der Waals surface area contributed by atoms with Crippen LogP contribution in [0.3, 0.4) is 0 Å². The highest BCUT2D eigenvalue weighted by Crippen LogP contribution is 2.29. The van der Waals surface area contributed by atoms with Crippen LogP contribution in [-0.2, 0) is 34.0 Å². The van der Waals surface area contributed by atoms with Gasteiger partial charge >= 0.3 is 27.3 Å². The summed E-state index contributed by atoms with van der Waals surface area (Å²) < 4.78 is 68.5. The molecule has 4 atom stereocenters. The van der Waals surface area contributed by atoms with Gasteiger partial charge in [0.2, 0.25) is 11.8 Å². The molecule has 6 amide bonds. The van der Waals surface area contributed by atoms with Gasteiger partial charge in [-0.3, -0.25) is 28.8 Å². The summed E-state index contributed by atoms with van der Waals surface area (Å²) in [6.07, 6.45) is 3.19. The van der Waals surface area contributed by atoms with Crippen molar-refractivity contribution in [3.63, 3.8) is 0 Å². The molecule has 1 aliphatic carbocycles. The van der Waals surface area contributed by atoms with Gasteiger partial charge in [-0.25, -0.2) is 9.62 Å². The number of imide groups is 3. The summed E-state index contributed by atoms with van der Waals surface area (Å²) in [5.41, 5.74) is 0.448. The van der Waals surface area contributed by atoms with Crippen LogP contribution in [0.4, 0.5) is 13.2 Å². The topological polar surface area (TPSA) is 215 Å². The molecular formula is C34H43ClF3N5O9S. The van der Waals surface area contributed by atoms with Gasteiger partial charge in [-0.15, -0.1) is 0 Å². The van der Waals surface area contributed by atoms with Crippen LogP contribution < -0.4 is 21.1 Å². The van der Waals surface area contributed by atoms with Crippen LogP contribution >= 0.6 is 11.6 Å². The standard InChI is InChI=1S/C34H43ClF3N5O9S/c1-4-19(3)28(41-29(45)26-16-15-25(52-26)21-11-13-22(35)14-12-21)30(46)40-24(17-20-9-7-6-8-10-20)32(48)43(27(44)18-23(39)5-2)33(49)31(47)42-53(50,51)34(36,37)38/h11-16,19-20,23-24,28H,4-10,17-18,39H2,1-3H3,(H,40,46)(H,41,45)(H,42,47)/t19-,23?,24-,28-/m0/s1. The lowest BCUT2D eigenvalue weighted by Gasteiger charge is -2.31. The van der Waals surface area contributed by atoms with Gasteiger partial charge in [0, 0.05) is 23.0 Å². The van der Waals surface area contributed by atoms with E-state index in [-0.39, 0.29) is 29.4 Å². The Hall–Kier alpha value is -4.29. The van der Waals surface area contributed by atoms with Crippen LogP contribution in [-0.4, -0.2) is 72.4 Å². The number of halogens is 4. The first kappa shape index (κ1) is 43.1. The molecule has 0 bridgehead atoms. The Morgan fingerprint density at radius 2 is 1.58 bits per heavy atom. The summed E-state index contributed by atoms with van der Waals surface area (Å²) in [4.78, 5) is 80.2. The molecule has 3 rings (SSSR count). The predicted molar refractivity (Wildman–Crippen MR) is 186 cm³/mol. The van der Waals surface area contributed by atoms with Gasteiger partial charge in [-0.1, -0.05) is 70.9 Å². The number of hydrogen-bond donors (Lipinski definition) is 4. The Bertz CT molecular complexity index is 1760. The van der Waals surface area contributed by atoms with E-state index < -0.39 is 81.4 Å². The molecule has 0 saturated heterocycles. The number of alkyl halides is 3. The molecule has 0 radical (unpaired) electrons. The van der Waals surface area contributed by atoms with Crippen LogP contribution in [0.5, 0.6) is 0 Å². The van der Waals surface area contributed by atoms with Crippen molar-refractivity contribution in [2.24, 2.45) is 17.6 Å². The number of nitrogens with one attached hydrogen (secondary N) is 3. The van der Waals surface area contributed by atoms with Gasteiger partial charge in [0.15, 0.2) is 5.76 Å². The third kappa shape index (κ3) is 11.6. The number of furan rings is 1. The van der Waals surface area contributed by atoms with E-state index in [9.17, 15) is 50.4 Å². The van der Waals surface area contributed by atoms with E-state index in [1.54, 1.807) is 51.1 Å². The van der Waals surface area contributed by atoms with E-state index in [2.05, 4.69) is 10.6 Å². The van der Waals surface area contributed by atoms with Gasteiger partial charge in [-0.05, 0) is 61.1 Å². The fraction of sp³-hybridized carbons (Fsp3) is 0.529. The Kier molecular flexibility index (Phi) is 15.2. The highest BCUT2D eigenvalue weighted by atomic mass is 35.5. The zero-order chi connectivity index (χ0) is 39.7. The van der Waals surface area contributed by atoms with Crippen molar-refractivity contribution >= 4 is 57.1 Å². The Morgan fingerprint density at radius 3 is 2.15 bits per heavy atom. The molecule has 0 spiro atoms. The second-order valence-electron chi connectivity index (χ2n) is 12.9. The first-order valence-corrected chi connectivity index (χ1v) is 18.9. The summed E-state index contributed by atoms with van der Waals surface area (Å²) in [6.45, 7) is 4.93. The lowest BCUT2D eigenvalue weighted by molar-refractivity contribution is -0.160. The minimum atomic E-state index is -6.41. The largest absolute Gasteiger partial charge is 0.516 e. The summed E-state index contributed by atoms with van der Waals surface area (Å²) in [5, 5.41) is 5.57. The third-order valence-electron chi connectivity index (χ3n) is 9.01. The summed E-state index contributed by atoms with van der Waals surface area (Å²) in [7, 11) is -6.41. The van der Waals surface area contributed by atoms with E-state index in [0.717, 1.165) is 19.3 Å².